The summed E-state index contributed by atoms with van der Waals surface area (Å²) in [6.45, 7) is 1.58. The van der Waals surface area contributed by atoms with Gasteiger partial charge < -0.3 is 9.14 Å². The molecule has 0 rings (SSSR count). The van der Waals surface area contributed by atoms with Gasteiger partial charge in [0.2, 0.25) is 0 Å². The first-order valence-corrected chi connectivity index (χ1v) is 2.68. The predicted octanol–water partition coefficient (Wildman–Crippen LogP) is -0.0948. The maximum absolute atomic E-state index is 4.83. The summed E-state index contributed by atoms with van der Waals surface area (Å²) in [5.41, 5.74) is 0. The molecule has 0 saturated heterocycles. The van der Waals surface area contributed by atoms with Crippen LogP contribution >= 0.6 is 0 Å². The molecule has 2 nitrogen and oxygen atoms in total. The third-order valence-corrected chi connectivity index (χ3v) is 0.880. The van der Waals surface area contributed by atoms with Gasteiger partial charge in [-0.15, -0.1) is 0 Å². The Morgan fingerprint density at radius 2 is 2.00 bits per heavy atom. The zero-order valence-electron chi connectivity index (χ0n) is 6.85. The van der Waals surface area contributed by atoms with Crippen molar-refractivity contribution in [3.8, 4) is 0 Å². The lowest BCUT2D eigenvalue weighted by atomic mass is 10.5. The molecule has 0 atom stereocenters. The van der Waals surface area contributed by atoms with E-state index in [-0.39, 0.29) is 1.43 Å². The summed E-state index contributed by atoms with van der Waals surface area (Å²) in [4.78, 5) is 0. The molecule has 8 heavy (non-hydrogen) atoms. The van der Waals surface area contributed by atoms with Gasteiger partial charge in [0.05, 0.1) is 34.3 Å². The standard InChI is InChI=1S/C5H13BNO/c1-7(2,3)4-5-8-6/h4-5H2,1-3H3/q+1/p+1. The van der Waals surface area contributed by atoms with Gasteiger partial charge in [-0.3, -0.25) is 0 Å². The van der Waals surface area contributed by atoms with E-state index in [1.165, 1.54) is 0 Å². The smallest absolute Gasteiger partial charge is 0.442 e. The zero-order chi connectivity index (χ0) is 6.62. The Morgan fingerprint density at radius 3 is 2.12 bits per heavy atom. The fraction of sp³-hybridized carbons (Fsp3) is 1.00. The molecule has 0 aromatic carbocycles. The second-order valence-corrected chi connectivity index (χ2v) is 2.88. The summed E-state index contributed by atoms with van der Waals surface area (Å²) in [5.74, 6) is 0. The third kappa shape index (κ3) is 5.98. The number of quaternary nitrogens is 1. The van der Waals surface area contributed by atoms with Gasteiger partial charge in [-0.2, -0.15) is 0 Å². The first-order chi connectivity index (χ1) is 3.56. The van der Waals surface area contributed by atoms with Gasteiger partial charge in [0.1, 0.15) is 0 Å². The van der Waals surface area contributed by atoms with E-state index >= 15 is 0 Å². The molecule has 0 aliphatic heterocycles. The van der Waals surface area contributed by atoms with Crippen molar-refractivity contribution in [2.75, 3.05) is 34.3 Å². The molecule has 0 bridgehead atoms. The Kier molecular flexibility index (Phi) is 3.09. The molecule has 0 fully saturated rings. The van der Waals surface area contributed by atoms with Crippen molar-refractivity contribution in [1.29, 1.82) is 0 Å². The van der Waals surface area contributed by atoms with Crippen LogP contribution in [0.5, 0.6) is 0 Å². The van der Waals surface area contributed by atoms with Gasteiger partial charge in [0, 0.05) is 0 Å². The van der Waals surface area contributed by atoms with Gasteiger partial charge in [0.15, 0.2) is 0 Å². The molecule has 2 radical (unpaired) electrons. The number of likely N-dealkylation sites (N-methyl/N-ethyl adjacent to an activating group) is 1. The molecule has 3 heteroatoms. The number of hydrogen-bond donors (Lipinski definition) is 0. The van der Waals surface area contributed by atoms with Crippen LogP contribution in [-0.2, 0) is 4.65 Å². The SMILES string of the molecule is [B]OCC[N+](C)(C)C.[H+]. The Hall–Kier alpha value is -0.0151. The fourth-order valence-corrected chi connectivity index (χ4v) is 0.327. The molecule has 0 heterocycles. The van der Waals surface area contributed by atoms with Gasteiger partial charge in [-0.05, 0) is 0 Å². The second kappa shape index (κ2) is 3.10. The van der Waals surface area contributed by atoms with Crippen LogP contribution in [0.15, 0.2) is 0 Å². The summed E-state index contributed by atoms with van der Waals surface area (Å²) in [5, 5.41) is 0. The predicted molar refractivity (Wildman–Crippen MR) is 35.7 cm³/mol. The molecule has 0 aliphatic carbocycles. The highest BCUT2D eigenvalue weighted by Crippen LogP contribution is 1.86. The minimum atomic E-state index is 0. The molecule has 0 aromatic rings. The van der Waals surface area contributed by atoms with Gasteiger partial charge in [-0.25, -0.2) is 0 Å². The summed E-state index contributed by atoms with van der Waals surface area (Å²) in [6, 6.07) is 0. The van der Waals surface area contributed by atoms with Crippen LogP contribution in [-0.4, -0.2) is 46.8 Å². The van der Waals surface area contributed by atoms with Crippen molar-refractivity contribution in [2.45, 2.75) is 0 Å². The molecule has 0 aliphatic rings. The minimum Gasteiger partial charge on any atom is -0.442 e. The van der Waals surface area contributed by atoms with E-state index < -0.39 is 0 Å². The van der Waals surface area contributed by atoms with Gasteiger partial charge >= 0.3 is 1.43 Å². The van der Waals surface area contributed by atoms with Crippen molar-refractivity contribution in [3.05, 3.63) is 0 Å². The number of nitrogens with zero attached hydrogens (tertiary/aromatic N) is 1. The molecular weight excluding hydrogens is 101 g/mol. The van der Waals surface area contributed by atoms with Gasteiger partial charge in [0.25, 0.3) is 8.05 Å². The van der Waals surface area contributed by atoms with Crippen LogP contribution in [0.1, 0.15) is 1.43 Å². The molecule has 0 unspecified atom stereocenters. The van der Waals surface area contributed by atoms with Crippen LogP contribution in [0.2, 0.25) is 0 Å². The molecule has 0 spiro atoms. The first-order valence-electron chi connectivity index (χ1n) is 2.68. The maximum atomic E-state index is 4.83. The second-order valence-electron chi connectivity index (χ2n) is 2.88. The van der Waals surface area contributed by atoms with Crippen LogP contribution in [0.3, 0.4) is 0 Å². The van der Waals surface area contributed by atoms with E-state index in [9.17, 15) is 0 Å². The monoisotopic (exact) mass is 115 g/mol. The first kappa shape index (κ1) is 7.98. The van der Waals surface area contributed by atoms with Crippen molar-refractivity contribution in [3.63, 3.8) is 0 Å². The highest BCUT2D eigenvalue weighted by atomic mass is 16.4. The van der Waals surface area contributed by atoms with Crippen LogP contribution in [0.4, 0.5) is 0 Å². The van der Waals surface area contributed by atoms with Crippen molar-refractivity contribution < 1.29 is 10.6 Å². The van der Waals surface area contributed by atoms with Crippen molar-refractivity contribution in [2.24, 2.45) is 0 Å². The lowest BCUT2D eigenvalue weighted by Gasteiger charge is -2.23. The summed E-state index contributed by atoms with van der Waals surface area (Å²) in [7, 11) is 11.1. The lowest BCUT2D eigenvalue weighted by molar-refractivity contribution is -0.870. The van der Waals surface area contributed by atoms with Gasteiger partial charge in [-0.1, -0.05) is 0 Å². The van der Waals surface area contributed by atoms with Crippen LogP contribution in [0.25, 0.3) is 0 Å². The van der Waals surface area contributed by atoms with Crippen LogP contribution in [0, 0.1) is 0 Å². The van der Waals surface area contributed by atoms with Crippen LogP contribution < -0.4 is 0 Å². The summed E-state index contributed by atoms with van der Waals surface area (Å²) >= 11 is 0. The van der Waals surface area contributed by atoms with Crippen molar-refractivity contribution >= 4 is 8.05 Å². The van der Waals surface area contributed by atoms with E-state index in [1.807, 2.05) is 0 Å². The van der Waals surface area contributed by atoms with E-state index in [4.69, 9.17) is 8.05 Å². The molecule has 0 N–H and O–H groups in total. The lowest BCUT2D eigenvalue weighted by Crippen LogP contribution is -2.37. The maximum Gasteiger partial charge on any atom is 1.00 e. The summed E-state index contributed by atoms with van der Waals surface area (Å²) in [6.07, 6.45) is 0. The van der Waals surface area contributed by atoms with E-state index in [0.29, 0.717) is 6.61 Å². The highest BCUT2D eigenvalue weighted by molar-refractivity contribution is 5.97. The molecule has 46 valence electrons. The fourth-order valence-electron chi connectivity index (χ4n) is 0.327. The Bertz CT molecular complexity index is 64.5. The topological polar surface area (TPSA) is 9.23 Å². The minimum absolute atomic E-state index is 0. The quantitative estimate of drug-likeness (QED) is 0.368. The Labute approximate surface area is 54.0 Å². The zero-order valence-corrected chi connectivity index (χ0v) is 5.85. The Balaban J connectivity index is 0. The summed E-state index contributed by atoms with van der Waals surface area (Å²) < 4.78 is 5.30. The average molecular weight is 115 g/mol. The number of hydrogen-bond acceptors (Lipinski definition) is 1. The third-order valence-electron chi connectivity index (χ3n) is 0.880. The van der Waals surface area contributed by atoms with E-state index in [0.717, 1.165) is 11.0 Å². The Morgan fingerprint density at radius 1 is 1.50 bits per heavy atom. The molecule has 0 amide bonds. The normalized spacial score (nSPS) is 11.9. The molecular formula is C5H14BNO+2. The molecule has 0 saturated carbocycles. The van der Waals surface area contributed by atoms with E-state index in [2.05, 4.69) is 25.8 Å². The van der Waals surface area contributed by atoms with E-state index in [1.54, 1.807) is 0 Å². The largest absolute Gasteiger partial charge is 1.00 e. The van der Waals surface area contributed by atoms with Crippen molar-refractivity contribution in [1.82, 2.24) is 0 Å². The average Bonchev–Trinajstić information content (AvgIpc) is 1.59. The highest BCUT2D eigenvalue weighted by Gasteiger charge is 2.03. The number of rotatable bonds is 3. The molecule has 0 aromatic heterocycles.